The largest absolute Gasteiger partial charge is 0.469 e. The van der Waals surface area contributed by atoms with Crippen LogP contribution in [0.25, 0.3) is 10.8 Å². The standard InChI is InChI=1S/C29H36N4O5S/c1-38-28(34)17-21-11-13-33(14-12-21)29(35)27(16-22-5-4-6-23(15-22)19-31-20-30)32-39(36,37)26-10-9-24-7-2-3-8-25(24)18-26/h2-10,15,18,21,27,31-32H,11-14,16-17,19-20,30H2,1H3/t27-/m1/s1. The van der Waals surface area contributed by atoms with Gasteiger partial charge in [0.15, 0.2) is 0 Å². The summed E-state index contributed by atoms with van der Waals surface area (Å²) in [4.78, 5) is 27.2. The Hall–Kier alpha value is -3.31. The average molecular weight is 553 g/mol. The molecule has 1 amide bonds. The number of nitrogens with one attached hydrogen (secondary N) is 2. The highest BCUT2D eigenvalue weighted by Crippen LogP contribution is 2.23. The summed E-state index contributed by atoms with van der Waals surface area (Å²) in [6.07, 6.45) is 1.83. The van der Waals surface area contributed by atoms with Crippen LogP contribution < -0.4 is 15.8 Å². The van der Waals surface area contributed by atoms with E-state index >= 15 is 0 Å². The Bertz CT molecular complexity index is 1400. The van der Waals surface area contributed by atoms with Crippen molar-refractivity contribution < 1.29 is 22.7 Å². The van der Waals surface area contributed by atoms with Crippen LogP contribution in [-0.2, 0) is 37.3 Å². The molecule has 0 saturated carbocycles. The molecule has 4 N–H and O–H groups in total. The van der Waals surface area contributed by atoms with E-state index in [0.29, 0.717) is 45.6 Å². The quantitative estimate of drug-likeness (QED) is 0.246. The van der Waals surface area contributed by atoms with Gasteiger partial charge >= 0.3 is 5.97 Å². The van der Waals surface area contributed by atoms with Crippen LogP contribution in [0.5, 0.6) is 0 Å². The molecule has 208 valence electrons. The molecule has 39 heavy (non-hydrogen) atoms. The number of methoxy groups -OCH3 is 1. The summed E-state index contributed by atoms with van der Waals surface area (Å²) in [5, 5.41) is 4.81. The molecular formula is C29H36N4O5S. The summed E-state index contributed by atoms with van der Waals surface area (Å²) in [5.41, 5.74) is 7.39. The third kappa shape index (κ3) is 7.63. The zero-order valence-corrected chi connectivity index (χ0v) is 23.0. The van der Waals surface area contributed by atoms with Crippen molar-refractivity contribution in [1.82, 2.24) is 14.9 Å². The molecule has 1 fully saturated rings. The fourth-order valence-electron chi connectivity index (χ4n) is 4.98. The lowest BCUT2D eigenvalue weighted by Gasteiger charge is -2.34. The first-order chi connectivity index (χ1) is 18.8. The SMILES string of the molecule is COC(=O)CC1CCN(C(=O)[C@@H](Cc2cccc(CNCN)c2)NS(=O)(=O)c2ccc3ccccc3c2)CC1. The molecule has 1 aliphatic heterocycles. The molecular weight excluding hydrogens is 516 g/mol. The van der Waals surface area contributed by atoms with Gasteiger partial charge in [-0.15, -0.1) is 0 Å². The van der Waals surface area contributed by atoms with E-state index in [4.69, 9.17) is 10.5 Å². The number of piperidine rings is 1. The number of benzene rings is 3. The molecule has 9 nitrogen and oxygen atoms in total. The third-order valence-corrected chi connectivity index (χ3v) is 8.61. The van der Waals surface area contributed by atoms with Crippen molar-refractivity contribution in [2.24, 2.45) is 11.7 Å². The van der Waals surface area contributed by atoms with E-state index in [1.54, 1.807) is 23.1 Å². The second-order valence-corrected chi connectivity index (χ2v) is 11.6. The van der Waals surface area contributed by atoms with Crippen molar-refractivity contribution >= 4 is 32.7 Å². The second-order valence-electron chi connectivity index (χ2n) is 9.89. The lowest BCUT2D eigenvalue weighted by atomic mass is 9.93. The first-order valence-electron chi connectivity index (χ1n) is 13.1. The van der Waals surface area contributed by atoms with Crippen molar-refractivity contribution in [3.63, 3.8) is 0 Å². The molecule has 3 aromatic rings. The van der Waals surface area contributed by atoms with Gasteiger partial charge in [-0.25, -0.2) is 8.42 Å². The predicted molar refractivity (Wildman–Crippen MR) is 150 cm³/mol. The first-order valence-corrected chi connectivity index (χ1v) is 14.6. The second kappa shape index (κ2) is 13.2. The Morgan fingerprint density at radius 2 is 1.72 bits per heavy atom. The summed E-state index contributed by atoms with van der Waals surface area (Å²) in [5.74, 6) is -0.396. The van der Waals surface area contributed by atoms with Gasteiger partial charge in [-0.2, -0.15) is 4.72 Å². The van der Waals surface area contributed by atoms with Crippen LogP contribution >= 0.6 is 0 Å². The Labute approximate surface area is 229 Å². The normalized spacial score (nSPS) is 15.3. The summed E-state index contributed by atoms with van der Waals surface area (Å²) in [7, 11) is -2.63. The number of sulfonamides is 1. The fraction of sp³-hybridized carbons (Fsp3) is 0.379. The molecule has 4 rings (SSSR count). The molecule has 1 atom stereocenters. The van der Waals surface area contributed by atoms with Crippen LogP contribution in [0, 0.1) is 5.92 Å². The Kier molecular flexibility index (Phi) is 9.68. The van der Waals surface area contributed by atoms with Crippen molar-refractivity contribution in [2.45, 2.75) is 43.2 Å². The maximum Gasteiger partial charge on any atom is 0.305 e. The van der Waals surface area contributed by atoms with Gasteiger partial charge in [0.2, 0.25) is 15.9 Å². The number of rotatable bonds is 11. The third-order valence-electron chi connectivity index (χ3n) is 7.14. The predicted octanol–water partition coefficient (Wildman–Crippen LogP) is 2.54. The summed E-state index contributed by atoms with van der Waals surface area (Å²) >= 11 is 0. The number of hydrogen-bond donors (Lipinski definition) is 3. The monoisotopic (exact) mass is 552 g/mol. The fourth-order valence-corrected chi connectivity index (χ4v) is 6.21. The maximum absolute atomic E-state index is 13.7. The Morgan fingerprint density at radius 1 is 1.00 bits per heavy atom. The number of likely N-dealkylation sites (tertiary alicyclic amines) is 1. The van der Waals surface area contributed by atoms with Gasteiger partial charge < -0.3 is 20.7 Å². The van der Waals surface area contributed by atoms with Crippen LogP contribution in [0.4, 0.5) is 0 Å². The minimum atomic E-state index is -4.00. The topological polar surface area (TPSA) is 131 Å². The molecule has 0 spiro atoms. The van der Waals surface area contributed by atoms with Gasteiger partial charge in [0.25, 0.3) is 0 Å². The number of carbonyl (C=O) groups is 2. The van der Waals surface area contributed by atoms with E-state index in [1.807, 2.05) is 48.5 Å². The molecule has 0 bridgehead atoms. The summed E-state index contributed by atoms with van der Waals surface area (Å²) in [6, 6.07) is 19.2. The molecule has 0 unspecified atom stereocenters. The number of esters is 1. The zero-order valence-electron chi connectivity index (χ0n) is 22.1. The Morgan fingerprint density at radius 3 is 2.44 bits per heavy atom. The average Bonchev–Trinajstić information content (AvgIpc) is 2.95. The summed E-state index contributed by atoms with van der Waals surface area (Å²) in [6.45, 7) is 1.81. The van der Waals surface area contributed by atoms with Gasteiger partial charge in [-0.3, -0.25) is 9.59 Å². The highest BCUT2D eigenvalue weighted by atomic mass is 32.2. The van der Waals surface area contributed by atoms with Gasteiger partial charge in [-0.05, 0) is 59.2 Å². The lowest BCUT2D eigenvalue weighted by Crippen LogP contribution is -2.51. The summed E-state index contributed by atoms with van der Waals surface area (Å²) < 4.78 is 34.5. The lowest BCUT2D eigenvalue weighted by molar-refractivity contribution is -0.142. The van der Waals surface area contributed by atoms with Crippen LogP contribution in [0.2, 0.25) is 0 Å². The first kappa shape index (κ1) is 28.7. The highest BCUT2D eigenvalue weighted by Gasteiger charge is 2.32. The van der Waals surface area contributed by atoms with Gasteiger partial charge in [-0.1, -0.05) is 54.6 Å². The molecule has 10 heteroatoms. The molecule has 0 radical (unpaired) electrons. The molecule has 1 saturated heterocycles. The number of nitrogens with two attached hydrogens (primary N) is 1. The van der Waals surface area contributed by atoms with Crippen LogP contribution in [0.3, 0.4) is 0 Å². The minimum Gasteiger partial charge on any atom is -0.469 e. The number of carbonyl (C=O) groups excluding carboxylic acids is 2. The molecule has 0 aliphatic carbocycles. The number of hydrogen-bond acceptors (Lipinski definition) is 7. The van der Waals surface area contributed by atoms with Gasteiger partial charge in [0, 0.05) is 32.7 Å². The van der Waals surface area contributed by atoms with Crippen molar-refractivity contribution in [2.75, 3.05) is 26.9 Å². The molecule has 1 heterocycles. The van der Waals surface area contributed by atoms with Gasteiger partial charge in [0.1, 0.15) is 6.04 Å². The molecule has 3 aromatic carbocycles. The highest BCUT2D eigenvalue weighted by molar-refractivity contribution is 7.89. The number of ether oxygens (including phenoxy) is 1. The van der Waals surface area contributed by atoms with Crippen molar-refractivity contribution in [3.8, 4) is 0 Å². The number of nitrogens with zero attached hydrogens (tertiary/aromatic N) is 1. The van der Waals surface area contributed by atoms with E-state index in [1.165, 1.54) is 7.11 Å². The van der Waals surface area contributed by atoms with Crippen LogP contribution in [0.15, 0.2) is 71.6 Å². The Balaban J connectivity index is 1.56. The minimum absolute atomic E-state index is 0.108. The van der Waals surface area contributed by atoms with E-state index in [-0.39, 0.29) is 29.1 Å². The van der Waals surface area contributed by atoms with E-state index in [2.05, 4.69) is 10.0 Å². The number of fused-ring (bicyclic) bond motifs is 1. The maximum atomic E-state index is 13.7. The van der Waals surface area contributed by atoms with Crippen molar-refractivity contribution in [1.29, 1.82) is 0 Å². The van der Waals surface area contributed by atoms with Crippen LogP contribution in [0.1, 0.15) is 30.4 Å². The van der Waals surface area contributed by atoms with E-state index in [9.17, 15) is 18.0 Å². The molecule has 1 aliphatic rings. The zero-order chi connectivity index (χ0) is 27.8. The van der Waals surface area contributed by atoms with Crippen molar-refractivity contribution in [3.05, 3.63) is 77.9 Å². The van der Waals surface area contributed by atoms with E-state index in [0.717, 1.165) is 21.9 Å². The smallest absolute Gasteiger partial charge is 0.305 e. The number of amides is 1. The van der Waals surface area contributed by atoms with Crippen LogP contribution in [-0.4, -0.2) is 58.1 Å². The van der Waals surface area contributed by atoms with Gasteiger partial charge in [0.05, 0.1) is 12.0 Å². The van der Waals surface area contributed by atoms with E-state index < -0.39 is 16.1 Å². The molecule has 0 aromatic heterocycles.